The molecule has 200 valence electrons. The van der Waals surface area contributed by atoms with Crippen molar-refractivity contribution in [1.29, 1.82) is 0 Å². The van der Waals surface area contributed by atoms with E-state index in [1.807, 2.05) is 12.1 Å². The number of benzene rings is 3. The quantitative estimate of drug-likeness (QED) is 0.433. The van der Waals surface area contributed by atoms with Crippen molar-refractivity contribution in [3.8, 4) is 23.0 Å². The van der Waals surface area contributed by atoms with E-state index in [0.717, 1.165) is 5.56 Å². The molecule has 1 saturated heterocycles. The molecular formula is C29H31FN2O6. The number of nitrogens with one attached hydrogen (secondary N) is 1. The lowest BCUT2D eigenvalue weighted by Gasteiger charge is -2.41. The maximum atomic E-state index is 14.2. The molecule has 0 aromatic heterocycles. The van der Waals surface area contributed by atoms with Crippen LogP contribution in [0.5, 0.6) is 23.0 Å². The Hall–Kier alpha value is -4.27. The van der Waals surface area contributed by atoms with Gasteiger partial charge in [0, 0.05) is 24.2 Å². The van der Waals surface area contributed by atoms with E-state index in [9.17, 15) is 14.0 Å². The van der Waals surface area contributed by atoms with Gasteiger partial charge in [-0.2, -0.15) is 0 Å². The van der Waals surface area contributed by atoms with Gasteiger partial charge < -0.3 is 29.2 Å². The van der Waals surface area contributed by atoms with Gasteiger partial charge >= 0.3 is 0 Å². The van der Waals surface area contributed by atoms with E-state index in [2.05, 4.69) is 5.32 Å². The summed E-state index contributed by atoms with van der Waals surface area (Å²) in [6.07, 6.45) is 0.459. The first-order valence-corrected chi connectivity index (χ1v) is 12.1. The standard InChI is InChI=1S/C29H31FN2O6/c1-17-6-9-19(14-23(17)30)31-29(34)22-12-13-26(33)32(27(22)18-7-10-21(35-2)11-8-18)20-15-24(36-3)28(38-5)25(16-20)37-4/h6-11,14-16,22,27H,12-13H2,1-5H3,(H,31,34)/t22-,27-/m0/s1. The lowest BCUT2D eigenvalue weighted by molar-refractivity contribution is -0.125. The summed E-state index contributed by atoms with van der Waals surface area (Å²) in [6.45, 7) is 1.66. The third kappa shape index (κ3) is 5.22. The van der Waals surface area contributed by atoms with Crippen LogP contribution in [0.3, 0.4) is 0 Å². The molecule has 1 N–H and O–H groups in total. The summed E-state index contributed by atoms with van der Waals surface area (Å²) < 4.78 is 36.0. The van der Waals surface area contributed by atoms with E-state index in [4.69, 9.17) is 18.9 Å². The molecule has 0 bridgehead atoms. The highest BCUT2D eigenvalue weighted by Gasteiger charge is 2.42. The molecule has 2 amide bonds. The fraction of sp³-hybridized carbons (Fsp3) is 0.310. The van der Waals surface area contributed by atoms with Gasteiger partial charge in [-0.25, -0.2) is 4.39 Å². The van der Waals surface area contributed by atoms with Crippen molar-refractivity contribution in [2.75, 3.05) is 38.7 Å². The Bertz CT molecular complexity index is 1300. The van der Waals surface area contributed by atoms with Gasteiger partial charge in [-0.1, -0.05) is 18.2 Å². The zero-order valence-corrected chi connectivity index (χ0v) is 22.0. The number of ether oxygens (including phenoxy) is 4. The number of amides is 2. The normalized spacial score (nSPS) is 17.1. The maximum Gasteiger partial charge on any atom is 0.229 e. The number of carbonyl (C=O) groups is 2. The van der Waals surface area contributed by atoms with Crippen molar-refractivity contribution < 1.29 is 32.9 Å². The van der Waals surface area contributed by atoms with Gasteiger partial charge in [0.25, 0.3) is 0 Å². The minimum atomic E-state index is -0.666. The van der Waals surface area contributed by atoms with Gasteiger partial charge in [0.05, 0.1) is 46.1 Å². The molecule has 1 fully saturated rings. The molecule has 3 aromatic rings. The van der Waals surface area contributed by atoms with Crippen LogP contribution in [0.25, 0.3) is 0 Å². The van der Waals surface area contributed by atoms with Crippen molar-refractivity contribution in [2.24, 2.45) is 5.92 Å². The molecule has 8 nitrogen and oxygen atoms in total. The van der Waals surface area contributed by atoms with Crippen LogP contribution < -0.4 is 29.2 Å². The summed E-state index contributed by atoms with van der Waals surface area (Å²) in [5.74, 6) is 0.266. The predicted octanol–water partition coefficient (Wildman–Crippen LogP) is 5.29. The number of piperidine rings is 1. The molecule has 38 heavy (non-hydrogen) atoms. The van der Waals surface area contributed by atoms with Crippen LogP contribution in [0, 0.1) is 18.7 Å². The van der Waals surface area contributed by atoms with Crippen LogP contribution >= 0.6 is 0 Å². The maximum absolute atomic E-state index is 14.2. The Balaban J connectivity index is 1.81. The summed E-state index contributed by atoms with van der Waals surface area (Å²) >= 11 is 0. The molecule has 2 atom stereocenters. The Labute approximate surface area is 221 Å². The summed E-state index contributed by atoms with van der Waals surface area (Å²) in [5.41, 5.74) is 2.06. The molecule has 3 aromatic carbocycles. The largest absolute Gasteiger partial charge is 0.497 e. The van der Waals surface area contributed by atoms with E-state index < -0.39 is 17.8 Å². The van der Waals surface area contributed by atoms with Crippen LogP contribution in [0.15, 0.2) is 54.6 Å². The average Bonchev–Trinajstić information content (AvgIpc) is 2.93. The average molecular weight is 523 g/mol. The fourth-order valence-electron chi connectivity index (χ4n) is 4.77. The zero-order chi connectivity index (χ0) is 27.4. The Morgan fingerprint density at radius 3 is 2.13 bits per heavy atom. The lowest BCUT2D eigenvalue weighted by Crippen LogP contribution is -2.47. The molecular weight excluding hydrogens is 491 g/mol. The van der Waals surface area contributed by atoms with E-state index in [-0.39, 0.29) is 18.2 Å². The third-order valence-corrected chi connectivity index (χ3v) is 6.76. The lowest BCUT2D eigenvalue weighted by atomic mass is 9.83. The molecule has 4 rings (SSSR count). The number of aryl methyl sites for hydroxylation is 1. The van der Waals surface area contributed by atoms with Crippen LogP contribution in [0.1, 0.15) is 30.0 Å². The number of methoxy groups -OCH3 is 4. The SMILES string of the molecule is COc1ccc([C@H]2[C@@H](C(=O)Nc3ccc(C)c(F)c3)CCC(=O)N2c2cc(OC)c(OC)c(OC)c2)cc1. The number of hydrogen-bond acceptors (Lipinski definition) is 6. The topological polar surface area (TPSA) is 86.3 Å². The highest BCUT2D eigenvalue weighted by atomic mass is 19.1. The fourth-order valence-corrected chi connectivity index (χ4v) is 4.77. The molecule has 0 aliphatic carbocycles. The highest BCUT2D eigenvalue weighted by Crippen LogP contribution is 2.46. The third-order valence-electron chi connectivity index (χ3n) is 6.76. The summed E-state index contributed by atoms with van der Waals surface area (Å²) in [7, 11) is 6.06. The minimum Gasteiger partial charge on any atom is -0.497 e. The first-order chi connectivity index (χ1) is 18.3. The smallest absolute Gasteiger partial charge is 0.229 e. The molecule has 0 spiro atoms. The van der Waals surface area contributed by atoms with Crippen molar-refractivity contribution in [3.63, 3.8) is 0 Å². The first kappa shape index (κ1) is 26.8. The highest BCUT2D eigenvalue weighted by molar-refractivity contribution is 6.00. The second kappa shape index (κ2) is 11.4. The summed E-state index contributed by atoms with van der Waals surface area (Å²) in [5, 5.41) is 2.84. The molecule has 0 saturated carbocycles. The van der Waals surface area contributed by atoms with Crippen molar-refractivity contribution >= 4 is 23.2 Å². The second-order valence-electron chi connectivity index (χ2n) is 8.96. The van der Waals surface area contributed by atoms with E-state index in [1.54, 1.807) is 55.3 Å². The van der Waals surface area contributed by atoms with E-state index >= 15 is 0 Å². The van der Waals surface area contributed by atoms with Crippen LogP contribution in [0.4, 0.5) is 15.8 Å². The Kier molecular flexibility index (Phi) is 8.05. The van der Waals surface area contributed by atoms with Crippen molar-refractivity contribution in [1.82, 2.24) is 0 Å². The van der Waals surface area contributed by atoms with Gasteiger partial charge in [-0.3, -0.25) is 9.59 Å². The van der Waals surface area contributed by atoms with Crippen LogP contribution in [-0.4, -0.2) is 40.3 Å². The molecule has 0 unspecified atom stereocenters. The number of anilines is 2. The molecule has 0 radical (unpaired) electrons. The Morgan fingerprint density at radius 2 is 1.58 bits per heavy atom. The zero-order valence-electron chi connectivity index (χ0n) is 22.0. The minimum absolute atomic E-state index is 0.143. The van der Waals surface area contributed by atoms with Crippen molar-refractivity contribution in [3.05, 3.63) is 71.5 Å². The van der Waals surface area contributed by atoms with Gasteiger partial charge in [-0.05, 0) is 48.7 Å². The second-order valence-corrected chi connectivity index (χ2v) is 8.96. The summed E-state index contributed by atoms with van der Waals surface area (Å²) in [6, 6.07) is 14.5. The number of nitrogens with zero attached hydrogens (tertiary/aromatic N) is 1. The van der Waals surface area contributed by atoms with E-state index in [0.29, 0.717) is 46.4 Å². The van der Waals surface area contributed by atoms with Gasteiger partial charge in [0.2, 0.25) is 17.6 Å². The van der Waals surface area contributed by atoms with E-state index in [1.165, 1.54) is 27.4 Å². The molecule has 1 aliphatic rings. The van der Waals surface area contributed by atoms with Gasteiger partial charge in [0.15, 0.2) is 11.5 Å². The van der Waals surface area contributed by atoms with Crippen LogP contribution in [-0.2, 0) is 9.59 Å². The molecule has 9 heteroatoms. The predicted molar refractivity (Wildman–Crippen MR) is 142 cm³/mol. The van der Waals surface area contributed by atoms with Crippen LogP contribution in [0.2, 0.25) is 0 Å². The number of hydrogen-bond donors (Lipinski definition) is 1. The molecule has 1 heterocycles. The monoisotopic (exact) mass is 522 g/mol. The number of halogens is 1. The first-order valence-electron chi connectivity index (χ1n) is 12.1. The summed E-state index contributed by atoms with van der Waals surface area (Å²) in [4.78, 5) is 28.7. The number of rotatable bonds is 8. The van der Waals surface area contributed by atoms with Crippen molar-refractivity contribution in [2.45, 2.75) is 25.8 Å². The molecule has 1 aliphatic heterocycles. The number of carbonyl (C=O) groups excluding carboxylic acids is 2. The van der Waals surface area contributed by atoms with Gasteiger partial charge in [0.1, 0.15) is 11.6 Å². The Morgan fingerprint density at radius 1 is 0.921 bits per heavy atom. The van der Waals surface area contributed by atoms with Gasteiger partial charge in [-0.15, -0.1) is 0 Å².